The minimum absolute atomic E-state index is 0.160. The van der Waals surface area contributed by atoms with Crippen LogP contribution in [0.1, 0.15) is 44.9 Å². The predicted molar refractivity (Wildman–Crippen MR) is 47.0 cm³/mol. The van der Waals surface area contributed by atoms with Crippen molar-refractivity contribution in [2.24, 2.45) is 0 Å². The first-order valence-electron chi connectivity index (χ1n) is 5.20. The minimum Gasteiger partial charge on any atom is -0.390 e. The van der Waals surface area contributed by atoms with E-state index in [0.29, 0.717) is 6.10 Å². The van der Waals surface area contributed by atoms with Crippen LogP contribution in [0.25, 0.3) is 0 Å². The molecule has 0 heterocycles. The van der Waals surface area contributed by atoms with Crippen LogP contribution in [0.5, 0.6) is 0 Å². The lowest BCUT2D eigenvalue weighted by molar-refractivity contribution is -0.133. The number of ether oxygens (including phenoxy) is 1. The van der Waals surface area contributed by atoms with Crippen LogP contribution in [0.3, 0.4) is 0 Å². The first-order valence-corrected chi connectivity index (χ1v) is 5.20. The van der Waals surface area contributed by atoms with Crippen LogP contribution in [-0.2, 0) is 4.74 Å². The van der Waals surface area contributed by atoms with Gasteiger partial charge in [-0.2, -0.15) is 0 Å². The van der Waals surface area contributed by atoms with Gasteiger partial charge in [0.05, 0.1) is 18.3 Å². The lowest BCUT2D eigenvalue weighted by atomic mass is 9.90. The van der Waals surface area contributed by atoms with Gasteiger partial charge in [-0.1, -0.05) is 19.3 Å². The maximum absolute atomic E-state index is 9.31. The van der Waals surface area contributed by atoms with Crippen LogP contribution in [-0.4, -0.2) is 23.4 Å². The van der Waals surface area contributed by atoms with Crippen LogP contribution in [0.15, 0.2) is 0 Å². The molecule has 12 heavy (non-hydrogen) atoms. The van der Waals surface area contributed by atoms with Gasteiger partial charge in [0.2, 0.25) is 0 Å². The second-order valence-corrected chi connectivity index (χ2v) is 4.08. The highest BCUT2D eigenvalue weighted by atomic mass is 16.5. The lowest BCUT2D eigenvalue weighted by Gasteiger charge is -2.36. The van der Waals surface area contributed by atoms with Gasteiger partial charge in [0.25, 0.3) is 0 Å². The smallest absolute Gasteiger partial charge is 0.0838 e. The van der Waals surface area contributed by atoms with Gasteiger partial charge in [0.1, 0.15) is 0 Å². The van der Waals surface area contributed by atoms with E-state index in [1.54, 1.807) is 0 Å². The Labute approximate surface area is 73.9 Å². The molecular weight excluding hydrogens is 152 g/mol. The first-order chi connectivity index (χ1) is 5.86. The van der Waals surface area contributed by atoms with Crippen molar-refractivity contribution in [1.29, 1.82) is 0 Å². The Balaban J connectivity index is 1.70. The summed E-state index contributed by atoms with van der Waals surface area (Å²) in [5.41, 5.74) is 0. The predicted octanol–water partition coefficient (Wildman–Crippen LogP) is 1.86. The van der Waals surface area contributed by atoms with Crippen molar-refractivity contribution in [2.75, 3.05) is 0 Å². The van der Waals surface area contributed by atoms with E-state index < -0.39 is 0 Å². The van der Waals surface area contributed by atoms with Gasteiger partial charge >= 0.3 is 0 Å². The number of aliphatic hydroxyl groups is 1. The van der Waals surface area contributed by atoms with Crippen LogP contribution < -0.4 is 0 Å². The minimum atomic E-state index is -0.160. The summed E-state index contributed by atoms with van der Waals surface area (Å²) in [4.78, 5) is 0. The fraction of sp³-hybridized carbons (Fsp3) is 1.00. The molecule has 0 aromatic rings. The summed E-state index contributed by atoms with van der Waals surface area (Å²) in [6, 6.07) is 0. The Kier molecular flexibility index (Phi) is 2.66. The number of rotatable bonds is 2. The molecule has 0 spiro atoms. The topological polar surface area (TPSA) is 29.5 Å². The van der Waals surface area contributed by atoms with Gasteiger partial charge in [-0.3, -0.25) is 0 Å². The van der Waals surface area contributed by atoms with E-state index in [-0.39, 0.29) is 12.2 Å². The molecule has 2 fully saturated rings. The van der Waals surface area contributed by atoms with E-state index in [2.05, 4.69) is 0 Å². The molecule has 2 aliphatic carbocycles. The Morgan fingerprint density at radius 3 is 2.17 bits per heavy atom. The van der Waals surface area contributed by atoms with Gasteiger partial charge in [0.15, 0.2) is 0 Å². The highest BCUT2D eigenvalue weighted by Crippen LogP contribution is 2.29. The van der Waals surface area contributed by atoms with E-state index >= 15 is 0 Å². The zero-order valence-electron chi connectivity index (χ0n) is 7.54. The van der Waals surface area contributed by atoms with Crippen molar-refractivity contribution in [2.45, 2.75) is 63.3 Å². The molecule has 2 heteroatoms. The van der Waals surface area contributed by atoms with Gasteiger partial charge in [-0.25, -0.2) is 0 Å². The quantitative estimate of drug-likeness (QED) is 0.685. The number of hydrogen-bond acceptors (Lipinski definition) is 2. The van der Waals surface area contributed by atoms with Crippen LogP contribution in [0.4, 0.5) is 0 Å². The molecule has 0 aliphatic heterocycles. The van der Waals surface area contributed by atoms with Gasteiger partial charge in [0, 0.05) is 0 Å². The Hall–Kier alpha value is -0.0800. The number of aliphatic hydroxyl groups excluding tert-OH is 1. The molecule has 70 valence electrons. The third-order valence-corrected chi connectivity index (χ3v) is 3.10. The van der Waals surface area contributed by atoms with Gasteiger partial charge < -0.3 is 9.84 Å². The van der Waals surface area contributed by atoms with Crippen molar-refractivity contribution in [3.05, 3.63) is 0 Å². The second kappa shape index (κ2) is 3.75. The molecule has 2 nitrogen and oxygen atoms in total. The molecule has 0 amide bonds. The van der Waals surface area contributed by atoms with Gasteiger partial charge in [-0.05, 0) is 25.7 Å². The molecule has 0 aromatic heterocycles. The summed E-state index contributed by atoms with van der Waals surface area (Å²) >= 11 is 0. The zero-order valence-corrected chi connectivity index (χ0v) is 7.54. The van der Waals surface area contributed by atoms with E-state index in [1.807, 2.05) is 0 Å². The number of hydrogen-bond donors (Lipinski definition) is 1. The van der Waals surface area contributed by atoms with Crippen molar-refractivity contribution in [3.8, 4) is 0 Å². The van der Waals surface area contributed by atoms with Crippen molar-refractivity contribution in [3.63, 3.8) is 0 Å². The summed E-state index contributed by atoms with van der Waals surface area (Å²) < 4.78 is 5.79. The Morgan fingerprint density at radius 2 is 1.67 bits per heavy atom. The lowest BCUT2D eigenvalue weighted by Crippen LogP contribution is -2.41. The largest absolute Gasteiger partial charge is 0.390 e. The Morgan fingerprint density at radius 1 is 0.917 bits per heavy atom. The van der Waals surface area contributed by atoms with E-state index in [1.165, 1.54) is 32.1 Å². The second-order valence-electron chi connectivity index (χ2n) is 4.08. The molecular formula is C10H18O2. The van der Waals surface area contributed by atoms with Crippen molar-refractivity contribution in [1.82, 2.24) is 0 Å². The molecule has 2 aliphatic rings. The average Bonchev–Trinajstić information content (AvgIpc) is 2.14. The normalized spacial score (nSPS) is 37.8. The third kappa shape index (κ3) is 1.80. The van der Waals surface area contributed by atoms with Crippen LogP contribution in [0.2, 0.25) is 0 Å². The first kappa shape index (κ1) is 8.52. The van der Waals surface area contributed by atoms with Crippen LogP contribution in [0, 0.1) is 0 Å². The highest BCUT2D eigenvalue weighted by Gasteiger charge is 2.32. The summed E-state index contributed by atoms with van der Waals surface area (Å²) in [5.74, 6) is 0. The maximum Gasteiger partial charge on any atom is 0.0838 e. The fourth-order valence-corrected chi connectivity index (χ4v) is 2.06. The summed E-state index contributed by atoms with van der Waals surface area (Å²) in [6.07, 6.45) is 8.90. The Bertz CT molecular complexity index is 141. The molecule has 0 saturated heterocycles. The SMILES string of the molecule is O[C@@H]1CC[C@H]1OC1CCCCC1. The third-order valence-electron chi connectivity index (χ3n) is 3.10. The molecule has 0 radical (unpaired) electrons. The summed E-state index contributed by atoms with van der Waals surface area (Å²) in [5, 5.41) is 9.31. The zero-order chi connectivity index (χ0) is 8.39. The molecule has 0 aromatic carbocycles. The van der Waals surface area contributed by atoms with Crippen molar-refractivity contribution >= 4 is 0 Å². The summed E-state index contributed by atoms with van der Waals surface area (Å²) in [6.45, 7) is 0. The molecule has 0 unspecified atom stereocenters. The molecule has 2 rings (SSSR count). The van der Waals surface area contributed by atoms with E-state index in [4.69, 9.17) is 4.74 Å². The molecule has 2 atom stereocenters. The monoisotopic (exact) mass is 170 g/mol. The highest BCUT2D eigenvalue weighted by molar-refractivity contribution is 4.82. The molecule has 0 bridgehead atoms. The fourth-order valence-electron chi connectivity index (χ4n) is 2.06. The van der Waals surface area contributed by atoms with Crippen LogP contribution >= 0.6 is 0 Å². The van der Waals surface area contributed by atoms with Gasteiger partial charge in [-0.15, -0.1) is 0 Å². The van der Waals surface area contributed by atoms with Crippen molar-refractivity contribution < 1.29 is 9.84 Å². The molecule has 2 saturated carbocycles. The summed E-state index contributed by atoms with van der Waals surface area (Å²) in [7, 11) is 0. The average molecular weight is 170 g/mol. The maximum atomic E-state index is 9.31. The standard InChI is InChI=1S/C10H18O2/c11-9-6-7-10(9)12-8-4-2-1-3-5-8/h8-11H,1-7H2/t9-,10-/m1/s1. The van der Waals surface area contributed by atoms with E-state index in [9.17, 15) is 5.11 Å². The molecule has 1 N–H and O–H groups in total. The van der Waals surface area contributed by atoms with E-state index in [0.717, 1.165) is 12.8 Å².